The van der Waals surface area contributed by atoms with Gasteiger partial charge in [-0.05, 0) is 18.4 Å². The molecule has 1 aromatic carbocycles. The molecule has 0 unspecified atom stereocenters. The number of aryl methyl sites for hydroxylation is 1. The fourth-order valence-electron chi connectivity index (χ4n) is 2.64. The van der Waals surface area contributed by atoms with Crippen molar-refractivity contribution in [2.45, 2.75) is 38.1 Å². The Balaban J connectivity index is 1.31. The molecule has 0 bridgehead atoms. The van der Waals surface area contributed by atoms with Gasteiger partial charge in [-0.25, -0.2) is 9.78 Å². The number of ether oxygens (including phenoxy) is 1. The lowest BCUT2D eigenvalue weighted by atomic mass is 9.87. The fraction of sp³-hybridized carbons (Fsp3) is 0.412. The average molecular weight is 314 g/mol. The van der Waals surface area contributed by atoms with Crippen LogP contribution in [0.25, 0.3) is 0 Å². The molecule has 0 aliphatic heterocycles. The van der Waals surface area contributed by atoms with E-state index in [0.29, 0.717) is 12.6 Å². The molecule has 0 spiro atoms. The van der Waals surface area contributed by atoms with E-state index in [9.17, 15) is 4.79 Å². The Morgan fingerprint density at radius 1 is 1.30 bits per heavy atom. The molecule has 1 saturated carbocycles. The van der Waals surface area contributed by atoms with Crippen molar-refractivity contribution in [1.82, 2.24) is 20.2 Å². The number of alkyl carbamates (subject to hydrolysis) is 1. The number of amides is 1. The van der Waals surface area contributed by atoms with Crippen molar-refractivity contribution in [2.75, 3.05) is 0 Å². The summed E-state index contributed by atoms with van der Waals surface area (Å²) in [4.78, 5) is 16.0. The molecule has 6 heteroatoms. The van der Waals surface area contributed by atoms with Gasteiger partial charge in [0.05, 0.1) is 6.54 Å². The molecule has 0 atom stereocenters. The highest BCUT2D eigenvalue weighted by atomic mass is 16.5. The van der Waals surface area contributed by atoms with E-state index >= 15 is 0 Å². The van der Waals surface area contributed by atoms with Gasteiger partial charge in [0, 0.05) is 31.5 Å². The first kappa shape index (κ1) is 15.6. The first-order valence-electron chi connectivity index (χ1n) is 7.87. The van der Waals surface area contributed by atoms with Crippen molar-refractivity contribution >= 4 is 6.09 Å². The normalized spacial score (nSPS) is 19.9. The highest BCUT2D eigenvalue weighted by Crippen LogP contribution is 2.20. The summed E-state index contributed by atoms with van der Waals surface area (Å²) in [6.07, 6.45) is 5.23. The smallest absolute Gasteiger partial charge is 0.407 e. The maximum Gasteiger partial charge on any atom is 0.407 e. The molecule has 0 saturated heterocycles. The molecule has 1 heterocycles. The van der Waals surface area contributed by atoms with Crippen LogP contribution in [-0.4, -0.2) is 27.7 Å². The Bertz CT molecular complexity index is 635. The van der Waals surface area contributed by atoms with Crippen LogP contribution in [0.4, 0.5) is 4.79 Å². The standard InChI is InChI=1S/C17H22N4O2/c1-21-8-7-18-16(21)11-19-14-9-15(10-14)20-17(22)23-12-13-5-3-2-4-6-13/h2-8,14-15,19H,9-12H2,1H3,(H,20,22). The zero-order chi connectivity index (χ0) is 16.1. The fourth-order valence-corrected chi connectivity index (χ4v) is 2.64. The zero-order valence-corrected chi connectivity index (χ0v) is 13.2. The maximum atomic E-state index is 11.7. The molecule has 6 nitrogen and oxygen atoms in total. The van der Waals surface area contributed by atoms with Crippen molar-refractivity contribution in [2.24, 2.45) is 7.05 Å². The van der Waals surface area contributed by atoms with Crippen LogP contribution < -0.4 is 10.6 Å². The van der Waals surface area contributed by atoms with Gasteiger partial charge < -0.3 is 19.9 Å². The first-order chi connectivity index (χ1) is 11.2. The van der Waals surface area contributed by atoms with Gasteiger partial charge in [-0.1, -0.05) is 30.3 Å². The molecule has 0 radical (unpaired) electrons. The van der Waals surface area contributed by atoms with Gasteiger partial charge >= 0.3 is 6.09 Å². The number of rotatable bonds is 6. The van der Waals surface area contributed by atoms with Gasteiger partial charge in [0.1, 0.15) is 12.4 Å². The van der Waals surface area contributed by atoms with Crippen molar-refractivity contribution in [3.63, 3.8) is 0 Å². The number of benzene rings is 1. The van der Waals surface area contributed by atoms with Crippen LogP contribution in [0.3, 0.4) is 0 Å². The molecule has 1 aliphatic carbocycles. The Hall–Kier alpha value is -2.34. The van der Waals surface area contributed by atoms with Gasteiger partial charge in [0.15, 0.2) is 0 Å². The quantitative estimate of drug-likeness (QED) is 0.855. The lowest BCUT2D eigenvalue weighted by molar-refractivity contribution is 0.125. The van der Waals surface area contributed by atoms with E-state index in [4.69, 9.17) is 4.74 Å². The summed E-state index contributed by atoms with van der Waals surface area (Å²) >= 11 is 0. The largest absolute Gasteiger partial charge is 0.445 e. The number of hydrogen-bond donors (Lipinski definition) is 2. The molecular formula is C17H22N4O2. The number of aromatic nitrogens is 2. The summed E-state index contributed by atoms with van der Waals surface area (Å²) in [5.74, 6) is 1.02. The second-order valence-electron chi connectivity index (χ2n) is 5.91. The number of hydrogen-bond acceptors (Lipinski definition) is 4. The van der Waals surface area contributed by atoms with E-state index in [-0.39, 0.29) is 12.1 Å². The Morgan fingerprint density at radius 3 is 2.78 bits per heavy atom. The summed E-state index contributed by atoms with van der Waals surface area (Å²) in [7, 11) is 1.98. The SMILES string of the molecule is Cn1ccnc1CNC1CC(NC(=O)OCc2ccccc2)C1. The minimum Gasteiger partial charge on any atom is -0.445 e. The minimum absolute atomic E-state index is 0.192. The monoisotopic (exact) mass is 314 g/mol. The van der Waals surface area contributed by atoms with E-state index < -0.39 is 0 Å². The van der Waals surface area contributed by atoms with Crippen LogP contribution >= 0.6 is 0 Å². The Labute approximate surface area is 135 Å². The lowest BCUT2D eigenvalue weighted by Gasteiger charge is -2.36. The van der Waals surface area contributed by atoms with Crippen LogP contribution in [-0.2, 0) is 24.9 Å². The summed E-state index contributed by atoms with van der Waals surface area (Å²) in [6.45, 7) is 1.06. The molecule has 1 aliphatic rings. The summed E-state index contributed by atoms with van der Waals surface area (Å²) < 4.78 is 7.22. The summed E-state index contributed by atoms with van der Waals surface area (Å²) in [5.41, 5.74) is 0.992. The van der Waals surface area contributed by atoms with E-state index in [2.05, 4.69) is 15.6 Å². The second-order valence-corrected chi connectivity index (χ2v) is 5.91. The van der Waals surface area contributed by atoms with Gasteiger partial charge in [-0.15, -0.1) is 0 Å². The number of nitrogens with one attached hydrogen (secondary N) is 2. The van der Waals surface area contributed by atoms with E-state index in [1.165, 1.54) is 0 Å². The Morgan fingerprint density at radius 2 is 2.09 bits per heavy atom. The average Bonchev–Trinajstić information content (AvgIpc) is 2.93. The maximum absolute atomic E-state index is 11.7. The third-order valence-electron chi connectivity index (χ3n) is 4.14. The number of nitrogens with zero attached hydrogens (tertiary/aromatic N) is 2. The second kappa shape index (κ2) is 7.28. The molecule has 2 aromatic rings. The van der Waals surface area contributed by atoms with Crippen molar-refractivity contribution < 1.29 is 9.53 Å². The summed E-state index contributed by atoms with van der Waals surface area (Å²) in [6, 6.07) is 10.3. The van der Waals surface area contributed by atoms with Gasteiger partial charge in [0.25, 0.3) is 0 Å². The third-order valence-corrected chi connectivity index (χ3v) is 4.14. The molecule has 122 valence electrons. The predicted octanol–water partition coefficient (Wildman–Crippen LogP) is 1.97. The van der Waals surface area contributed by atoms with E-state index in [1.807, 2.05) is 48.1 Å². The third kappa shape index (κ3) is 4.32. The van der Waals surface area contributed by atoms with E-state index in [0.717, 1.165) is 30.8 Å². The first-order valence-corrected chi connectivity index (χ1v) is 7.87. The van der Waals surface area contributed by atoms with Crippen LogP contribution in [0.2, 0.25) is 0 Å². The van der Waals surface area contributed by atoms with Crippen molar-refractivity contribution in [3.8, 4) is 0 Å². The van der Waals surface area contributed by atoms with Crippen molar-refractivity contribution in [3.05, 3.63) is 54.1 Å². The van der Waals surface area contributed by atoms with Gasteiger partial charge in [0.2, 0.25) is 0 Å². The molecule has 1 amide bonds. The number of carbonyl (C=O) groups excluding carboxylic acids is 1. The highest BCUT2D eigenvalue weighted by molar-refractivity contribution is 5.67. The lowest BCUT2D eigenvalue weighted by Crippen LogP contribution is -2.52. The van der Waals surface area contributed by atoms with Crippen LogP contribution in [0.1, 0.15) is 24.2 Å². The van der Waals surface area contributed by atoms with Crippen LogP contribution in [0.5, 0.6) is 0 Å². The zero-order valence-electron chi connectivity index (χ0n) is 13.2. The van der Waals surface area contributed by atoms with Gasteiger partial charge in [-0.3, -0.25) is 0 Å². The highest BCUT2D eigenvalue weighted by Gasteiger charge is 2.30. The van der Waals surface area contributed by atoms with E-state index in [1.54, 1.807) is 6.20 Å². The minimum atomic E-state index is -0.346. The topological polar surface area (TPSA) is 68.2 Å². The van der Waals surface area contributed by atoms with Crippen LogP contribution in [0.15, 0.2) is 42.7 Å². The van der Waals surface area contributed by atoms with Gasteiger partial charge in [-0.2, -0.15) is 0 Å². The molecule has 23 heavy (non-hydrogen) atoms. The predicted molar refractivity (Wildman–Crippen MR) is 86.6 cm³/mol. The molecule has 1 fully saturated rings. The summed E-state index contributed by atoms with van der Waals surface area (Å²) in [5, 5.41) is 6.35. The number of carbonyl (C=O) groups is 1. The van der Waals surface area contributed by atoms with Crippen molar-refractivity contribution in [1.29, 1.82) is 0 Å². The molecule has 1 aromatic heterocycles. The molecule has 2 N–H and O–H groups in total. The number of imidazole rings is 1. The molecular weight excluding hydrogens is 292 g/mol. The molecule has 3 rings (SSSR count). The Kier molecular flexibility index (Phi) is 4.92. The van der Waals surface area contributed by atoms with Crippen LogP contribution in [0, 0.1) is 0 Å².